The Labute approximate surface area is 106 Å². The lowest BCUT2D eigenvalue weighted by molar-refractivity contribution is 0.471. The fourth-order valence-corrected chi connectivity index (χ4v) is 2.70. The minimum atomic E-state index is 0.282. The van der Waals surface area contributed by atoms with E-state index in [1.807, 2.05) is 25.6 Å². The van der Waals surface area contributed by atoms with Gasteiger partial charge in [0.15, 0.2) is 0 Å². The van der Waals surface area contributed by atoms with Crippen molar-refractivity contribution < 1.29 is 4.42 Å². The molecule has 0 aliphatic carbocycles. The van der Waals surface area contributed by atoms with Crippen molar-refractivity contribution >= 4 is 11.3 Å². The zero-order valence-electron chi connectivity index (χ0n) is 10.7. The highest BCUT2D eigenvalue weighted by Crippen LogP contribution is 2.25. The van der Waals surface area contributed by atoms with E-state index in [2.05, 4.69) is 30.2 Å². The number of hydrogen-bond donors (Lipinski definition) is 1. The summed E-state index contributed by atoms with van der Waals surface area (Å²) in [5, 5.41) is 3.56. The fraction of sp³-hybridized carbons (Fsp3) is 0.462. The molecule has 2 rings (SSSR count). The molecule has 0 saturated heterocycles. The lowest BCUT2D eigenvalue weighted by Gasteiger charge is -2.18. The van der Waals surface area contributed by atoms with E-state index in [4.69, 9.17) is 4.42 Å². The van der Waals surface area contributed by atoms with Crippen LogP contribution in [0.5, 0.6) is 0 Å². The molecule has 0 aliphatic rings. The Bertz CT molecular complexity index is 476. The monoisotopic (exact) mass is 250 g/mol. The second-order valence-electron chi connectivity index (χ2n) is 4.38. The van der Waals surface area contributed by atoms with Crippen LogP contribution < -0.4 is 5.32 Å². The molecule has 2 aromatic rings. The predicted molar refractivity (Wildman–Crippen MR) is 70.3 cm³/mol. The number of aryl methyl sites for hydroxylation is 2. The molecule has 17 heavy (non-hydrogen) atoms. The molecule has 0 aliphatic heterocycles. The third kappa shape index (κ3) is 2.76. The topological polar surface area (TPSA) is 38.1 Å². The molecule has 0 fully saturated rings. The highest BCUT2D eigenvalue weighted by molar-refractivity contribution is 7.09. The molecule has 0 saturated carbocycles. The standard InChI is InChI=1S/C13H18N2OS/c1-8-5-12(11(4)16-8)9(2)15-10(3)13-6-14-7-17-13/h5-7,9-10,15H,1-4H3. The molecule has 0 amide bonds. The molecule has 0 bridgehead atoms. The van der Waals surface area contributed by atoms with E-state index in [-0.39, 0.29) is 6.04 Å². The van der Waals surface area contributed by atoms with Crippen LogP contribution in [0.3, 0.4) is 0 Å². The quantitative estimate of drug-likeness (QED) is 0.897. The summed E-state index contributed by atoms with van der Waals surface area (Å²) in [4.78, 5) is 5.36. The average molecular weight is 250 g/mol. The molecule has 4 heteroatoms. The van der Waals surface area contributed by atoms with Crippen LogP contribution in [0, 0.1) is 13.8 Å². The molecule has 3 nitrogen and oxygen atoms in total. The number of thiazole rings is 1. The first-order valence-electron chi connectivity index (χ1n) is 5.79. The summed E-state index contributed by atoms with van der Waals surface area (Å²) >= 11 is 1.68. The summed E-state index contributed by atoms with van der Waals surface area (Å²) in [5.41, 5.74) is 3.10. The van der Waals surface area contributed by atoms with Crippen LogP contribution >= 0.6 is 11.3 Å². The Morgan fingerprint density at radius 3 is 2.59 bits per heavy atom. The van der Waals surface area contributed by atoms with Gasteiger partial charge in [-0.1, -0.05) is 0 Å². The molecular formula is C13H18N2OS. The van der Waals surface area contributed by atoms with Gasteiger partial charge in [-0.05, 0) is 33.8 Å². The summed E-state index contributed by atoms with van der Waals surface area (Å²) in [6.07, 6.45) is 1.92. The first-order valence-corrected chi connectivity index (χ1v) is 6.67. The third-order valence-corrected chi connectivity index (χ3v) is 3.88. The number of furan rings is 1. The smallest absolute Gasteiger partial charge is 0.105 e. The van der Waals surface area contributed by atoms with Crippen molar-refractivity contribution in [3.8, 4) is 0 Å². The number of hydrogen-bond acceptors (Lipinski definition) is 4. The summed E-state index contributed by atoms with van der Waals surface area (Å²) in [6, 6.07) is 2.70. The van der Waals surface area contributed by atoms with E-state index in [0.29, 0.717) is 6.04 Å². The molecule has 0 spiro atoms. The average Bonchev–Trinajstić information content (AvgIpc) is 2.87. The van der Waals surface area contributed by atoms with Crippen LogP contribution in [0.1, 0.15) is 47.9 Å². The van der Waals surface area contributed by atoms with Gasteiger partial charge in [0.05, 0.1) is 5.51 Å². The summed E-state index contributed by atoms with van der Waals surface area (Å²) < 4.78 is 5.56. The van der Waals surface area contributed by atoms with Gasteiger partial charge in [-0.25, -0.2) is 0 Å². The van der Waals surface area contributed by atoms with E-state index < -0.39 is 0 Å². The number of nitrogens with zero attached hydrogens (tertiary/aromatic N) is 1. The number of nitrogens with one attached hydrogen (secondary N) is 1. The Morgan fingerprint density at radius 2 is 2.06 bits per heavy atom. The van der Waals surface area contributed by atoms with Gasteiger partial charge in [0.25, 0.3) is 0 Å². The highest BCUT2D eigenvalue weighted by atomic mass is 32.1. The van der Waals surface area contributed by atoms with Crippen LogP contribution in [-0.2, 0) is 0 Å². The van der Waals surface area contributed by atoms with Gasteiger partial charge >= 0.3 is 0 Å². The lowest BCUT2D eigenvalue weighted by Crippen LogP contribution is -2.21. The SMILES string of the molecule is Cc1cc(C(C)NC(C)c2cncs2)c(C)o1. The van der Waals surface area contributed by atoms with Crippen molar-refractivity contribution in [1.29, 1.82) is 0 Å². The van der Waals surface area contributed by atoms with Crippen molar-refractivity contribution in [3.05, 3.63) is 39.7 Å². The summed E-state index contributed by atoms with van der Waals surface area (Å²) in [7, 11) is 0. The van der Waals surface area contributed by atoms with Crippen LogP contribution in [0.25, 0.3) is 0 Å². The Hall–Kier alpha value is -1.13. The maximum absolute atomic E-state index is 5.56. The molecule has 2 aromatic heterocycles. The molecular weight excluding hydrogens is 232 g/mol. The van der Waals surface area contributed by atoms with Gasteiger partial charge in [-0.15, -0.1) is 11.3 Å². The van der Waals surface area contributed by atoms with Gasteiger partial charge in [0.2, 0.25) is 0 Å². The minimum absolute atomic E-state index is 0.282. The van der Waals surface area contributed by atoms with E-state index in [1.54, 1.807) is 11.3 Å². The molecule has 0 aromatic carbocycles. The van der Waals surface area contributed by atoms with Gasteiger partial charge in [-0.2, -0.15) is 0 Å². The van der Waals surface area contributed by atoms with Gasteiger partial charge < -0.3 is 9.73 Å². The molecule has 2 unspecified atom stereocenters. The van der Waals surface area contributed by atoms with Crippen LogP contribution in [0.15, 0.2) is 22.2 Å². The van der Waals surface area contributed by atoms with Crippen molar-refractivity contribution in [2.75, 3.05) is 0 Å². The molecule has 2 atom stereocenters. The molecule has 2 heterocycles. The maximum Gasteiger partial charge on any atom is 0.105 e. The van der Waals surface area contributed by atoms with Crippen molar-refractivity contribution in [2.24, 2.45) is 0 Å². The normalized spacial score (nSPS) is 14.8. The van der Waals surface area contributed by atoms with E-state index in [9.17, 15) is 0 Å². The second kappa shape index (κ2) is 5.02. The highest BCUT2D eigenvalue weighted by Gasteiger charge is 2.16. The number of rotatable bonds is 4. The molecule has 92 valence electrons. The molecule has 1 N–H and O–H groups in total. The van der Waals surface area contributed by atoms with Crippen molar-refractivity contribution in [1.82, 2.24) is 10.3 Å². The third-order valence-electron chi connectivity index (χ3n) is 2.92. The first-order chi connectivity index (χ1) is 8.08. The van der Waals surface area contributed by atoms with E-state index >= 15 is 0 Å². The lowest BCUT2D eigenvalue weighted by atomic mass is 10.1. The zero-order valence-corrected chi connectivity index (χ0v) is 11.5. The van der Waals surface area contributed by atoms with Gasteiger partial charge in [0, 0.05) is 28.7 Å². The zero-order chi connectivity index (χ0) is 12.4. The fourth-order valence-electron chi connectivity index (χ4n) is 2.07. The van der Waals surface area contributed by atoms with E-state index in [0.717, 1.165) is 11.5 Å². The van der Waals surface area contributed by atoms with Crippen LogP contribution in [-0.4, -0.2) is 4.98 Å². The van der Waals surface area contributed by atoms with E-state index in [1.165, 1.54) is 10.4 Å². The van der Waals surface area contributed by atoms with Gasteiger partial charge in [-0.3, -0.25) is 4.98 Å². The minimum Gasteiger partial charge on any atom is -0.466 e. The van der Waals surface area contributed by atoms with Crippen LogP contribution in [0.2, 0.25) is 0 Å². The maximum atomic E-state index is 5.56. The largest absolute Gasteiger partial charge is 0.466 e. The second-order valence-corrected chi connectivity index (χ2v) is 5.30. The Morgan fingerprint density at radius 1 is 1.29 bits per heavy atom. The number of aromatic nitrogens is 1. The van der Waals surface area contributed by atoms with Crippen LogP contribution in [0.4, 0.5) is 0 Å². The summed E-state index contributed by atoms with van der Waals surface area (Å²) in [5.74, 6) is 1.97. The predicted octanol–water partition coefficient (Wildman–Crippen LogP) is 3.76. The van der Waals surface area contributed by atoms with Crippen molar-refractivity contribution in [3.63, 3.8) is 0 Å². The summed E-state index contributed by atoms with van der Waals surface area (Å²) in [6.45, 7) is 8.31. The van der Waals surface area contributed by atoms with Gasteiger partial charge in [0.1, 0.15) is 11.5 Å². The van der Waals surface area contributed by atoms with Crippen molar-refractivity contribution in [2.45, 2.75) is 39.8 Å². The Balaban J connectivity index is 2.06. The molecule has 0 radical (unpaired) electrons. The Kier molecular flexibility index (Phi) is 3.64. The first kappa shape index (κ1) is 12.3.